The molecule has 106 valence electrons. The average Bonchev–Trinajstić information content (AvgIpc) is 2.86. The summed E-state index contributed by atoms with van der Waals surface area (Å²) in [6, 6.07) is 7.54. The Balaban J connectivity index is 2.13. The van der Waals surface area contributed by atoms with E-state index in [1.807, 2.05) is 0 Å². The molecule has 0 unspecified atom stereocenters. The van der Waals surface area contributed by atoms with Crippen molar-refractivity contribution in [3.05, 3.63) is 59.9 Å². The quantitative estimate of drug-likeness (QED) is 0.787. The second-order valence-electron chi connectivity index (χ2n) is 4.65. The molecule has 1 aromatic carbocycles. The molecule has 0 aliphatic carbocycles. The Morgan fingerprint density at radius 2 is 1.95 bits per heavy atom. The van der Waals surface area contributed by atoms with Gasteiger partial charge in [0.2, 0.25) is 0 Å². The Morgan fingerprint density at radius 1 is 1.14 bits per heavy atom. The van der Waals surface area contributed by atoms with Gasteiger partial charge in [0, 0.05) is 11.8 Å². The van der Waals surface area contributed by atoms with Crippen LogP contribution in [0.25, 0.3) is 17.1 Å². The predicted molar refractivity (Wildman–Crippen MR) is 75.9 cm³/mol. The fraction of sp³-hybridized carbons (Fsp3) is 0.0667. The van der Waals surface area contributed by atoms with Crippen LogP contribution in [-0.4, -0.2) is 14.8 Å². The first-order valence-electron chi connectivity index (χ1n) is 6.29. The highest BCUT2D eigenvalue weighted by Gasteiger charge is 2.16. The molecule has 0 spiro atoms. The third-order valence-electron chi connectivity index (χ3n) is 3.13. The van der Waals surface area contributed by atoms with Gasteiger partial charge in [-0.15, -0.1) is 0 Å². The van der Waals surface area contributed by atoms with Gasteiger partial charge in [-0.25, -0.2) is 18.4 Å². The summed E-state index contributed by atoms with van der Waals surface area (Å²) in [6.07, 6.45) is 3.13. The zero-order valence-corrected chi connectivity index (χ0v) is 11.2. The number of anilines is 1. The number of pyridine rings is 1. The van der Waals surface area contributed by atoms with E-state index in [0.29, 0.717) is 5.82 Å². The van der Waals surface area contributed by atoms with E-state index in [4.69, 9.17) is 5.73 Å². The molecule has 6 heteroatoms. The summed E-state index contributed by atoms with van der Waals surface area (Å²) in [7, 11) is 0. The lowest BCUT2D eigenvalue weighted by Crippen LogP contribution is -1.98. The summed E-state index contributed by atoms with van der Waals surface area (Å²) in [5.41, 5.74) is 6.58. The first-order chi connectivity index (χ1) is 10.1. The van der Waals surface area contributed by atoms with Crippen molar-refractivity contribution >= 4 is 5.69 Å². The van der Waals surface area contributed by atoms with Gasteiger partial charge in [-0.05, 0) is 36.8 Å². The molecule has 0 fully saturated rings. The smallest absolute Gasteiger partial charge is 0.153 e. The van der Waals surface area contributed by atoms with Crippen LogP contribution < -0.4 is 5.73 Å². The van der Waals surface area contributed by atoms with Crippen molar-refractivity contribution < 1.29 is 8.78 Å². The van der Waals surface area contributed by atoms with Crippen LogP contribution in [0.15, 0.2) is 42.7 Å². The molecule has 2 aromatic heterocycles. The molecule has 0 bridgehead atoms. The van der Waals surface area contributed by atoms with Gasteiger partial charge in [-0.1, -0.05) is 6.07 Å². The standard InChI is InChI=1S/C15H12F2N4/c1-9-6-12(17)10(7-11(9)16)15-13(18)8-21(20-15)14-4-2-3-5-19-14/h2-8H,18H2,1H3. The van der Waals surface area contributed by atoms with E-state index in [-0.39, 0.29) is 22.5 Å². The Hall–Kier alpha value is -2.76. The monoisotopic (exact) mass is 286 g/mol. The van der Waals surface area contributed by atoms with Crippen LogP contribution >= 0.6 is 0 Å². The number of benzene rings is 1. The SMILES string of the molecule is Cc1cc(F)c(-c2nn(-c3ccccn3)cc2N)cc1F. The number of nitrogens with two attached hydrogens (primary N) is 1. The van der Waals surface area contributed by atoms with Crippen LogP contribution in [0.3, 0.4) is 0 Å². The Morgan fingerprint density at radius 3 is 2.67 bits per heavy atom. The highest BCUT2D eigenvalue weighted by molar-refractivity contribution is 5.73. The number of rotatable bonds is 2. The third kappa shape index (κ3) is 2.35. The molecule has 0 saturated carbocycles. The van der Waals surface area contributed by atoms with Gasteiger partial charge in [0.15, 0.2) is 5.82 Å². The lowest BCUT2D eigenvalue weighted by molar-refractivity contribution is 0.594. The molecule has 0 aliphatic heterocycles. The highest BCUT2D eigenvalue weighted by atomic mass is 19.1. The molecule has 0 amide bonds. The van der Waals surface area contributed by atoms with E-state index < -0.39 is 11.6 Å². The first kappa shape index (κ1) is 13.2. The van der Waals surface area contributed by atoms with Gasteiger partial charge in [0.1, 0.15) is 17.3 Å². The molecule has 0 atom stereocenters. The largest absolute Gasteiger partial charge is 0.396 e. The topological polar surface area (TPSA) is 56.7 Å². The van der Waals surface area contributed by atoms with Gasteiger partial charge in [-0.2, -0.15) is 5.10 Å². The highest BCUT2D eigenvalue weighted by Crippen LogP contribution is 2.29. The Bertz CT molecular complexity index is 797. The van der Waals surface area contributed by atoms with Crippen LogP contribution in [-0.2, 0) is 0 Å². The molecular formula is C15H12F2N4. The van der Waals surface area contributed by atoms with Gasteiger partial charge in [-0.3, -0.25) is 0 Å². The maximum atomic E-state index is 14.0. The molecule has 2 N–H and O–H groups in total. The van der Waals surface area contributed by atoms with Crippen LogP contribution in [0.4, 0.5) is 14.5 Å². The van der Waals surface area contributed by atoms with Crippen LogP contribution in [0.5, 0.6) is 0 Å². The van der Waals surface area contributed by atoms with E-state index in [9.17, 15) is 8.78 Å². The van der Waals surface area contributed by atoms with E-state index in [0.717, 1.165) is 12.1 Å². The summed E-state index contributed by atoms with van der Waals surface area (Å²) in [5, 5.41) is 4.20. The van der Waals surface area contributed by atoms with Crippen LogP contribution in [0, 0.1) is 18.6 Å². The summed E-state index contributed by atoms with van der Waals surface area (Å²) >= 11 is 0. The van der Waals surface area contributed by atoms with Crippen molar-refractivity contribution in [3.8, 4) is 17.1 Å². The normalized spacial score (nSPS) is 10.8. The van der Waals surface area contributed by atoms with Crippen LogP contribution in [0.1, 0.15) is 5.56 Å². The Labute approximate surface area is 119 Å². The van der Waals surface area contributed by atoms with Gasteiger partial charge in [0.05, 0.1) is 11.9 Å². The second kappa shape index (κ2) is 4.97. The molecule has 21 heavy (non-hydrogen) atoms. The molecule has 4 nitrogen and oxygen atoms in total. The number of hydrogen-bond donors (Lipinski definition) is 1. The summed E-state index contributed by atoms with van der Waals surface area (Å²) in [5.74, 6) is -0.520. The van der Waals surface area contributed by atoms with Crippen molar-refractivity contribution in [3.63, 3.8) is 0 Å². The minimum Gasteiger partial charge on any atom is -0.396 e. The van der Waals surface area contributed by atoms with Crippen molar-refractivity contribution in [2.24, 2.45) is 0 Å². The summed E-state index contributed by atoms with van der Waals surface area (Å²) in [4.78, 5) is 4.13. The lowest BCUT2D eigenvalue weighted by atomic mass is 10.1. The molecule has 0 aliphatic rings. The van der Waals surface area contributed by atoms with Crippen LogP contribution in [0.2, 0.25) is 0 Å². The number of halogens is 2. The third-order valence-corrected chi connectivity index (χ3v) is 3.13. The molecule has 0 saturated heterocycles. The zero-order chi connectivity index (χ0) is 15.0. The number of aryl methyl sites for hydroxylation is 1. The number of nitrogen functional groups attached to an aromatic ring is 1. The van der Waals surface area contributed by atoms with Crippen molar-refractivity contribution in [1.82, 2.24) is 14.8 Å². The predicted octanol–water partition coefficient (Wildman–Crippen LogP) is 3.10. The number of aromatic nitrogens is 3. The van der Waals surface area contributed by atoms with E-state index in [1.165, 1.54) is 17.8 Å². The lowest BCUT2D eigenvalue weighted by Gasteiger charge is -2.04. The van der Waals surface area contributed by atoms with E-state index >= 15 is 0 Å². The summed E-state index contributed by atoms with van der Waals surface area (Å²) < 4.78 is 29.1. The molecule has 3 aromatic rings. The van der Waals surface area contributed by atoms with Gasteiger partial charge in [0.25, 0.3) is 0 Å². The van der Waals surface area contributed by atoms with Crippen molar-refractivity contribution in [1.29, 1.82) is 0 Å². The van der Waals surface area contributed by atoms with E-state index in [2.05, 4.69) is 10.1 Å². The van der Waals surface area contributed by atoms with Crippen molar-refractivity contribution in [2.75, 3.05) is 5.73 Å². The molecule has 0 radical (unpaired) electrons. The van der Waals surface area contributed by atoms with Gasteiger partial charge >= 0.3 is 0 Å². The van der Waals surface area contributed by atoms with E-state index in [1.54, 1.807) is 24.4 Å². The zero-order valence-electron chi connectivity index (χ0n) is 11.2. The molecule has 2 heterocycles. The fourth-order valence-corrected chi connectivity index (χ4v) is 2.03. The molecular weight excluding hydrogens is 274 g/mol. The Kier molecular flexibility index (Phi) is 3.13. The maximum absolute atomic E-state index is 14.0. The molecule has 3 rings (SSSR count). The number of nitrogens with zero attached hydrogens (tertiary/aromatic N) is 3. The van der Waals surface area contributed by atoms with Crippen molar-refractivity contribution in [2.45, 2.75) is 6.92 Å². The average molecular weight is 286 g/mol. The van der Waals surface area contributed by atoms with Gasteiger partial charge < -0.3 is 5.73 Å². The fourth-order valence-electron chi connectivity index (χ4n) is 2.03. The second-order valence-corrected chi connectivity index (χ2v) is 4.65. The number of hydrogen-bond acceptors (Lipinski definition) is 3. The minimum absolute atomic E-state index is 0.0327. The first-order valence-corrected chi connectivity index (χ1v) is 6.29. The maximum Gasteiger partial charge on any atom is 0.153 e. The minimum atomic E-state index is -0.563. The summed E-state index contributed by atoms with van der Waals surface area (Å²) in [6.45, 7) is 1.50.